The minimum atomic E-state index is -0.744. The Hall–Kier alpha value is -1.47. The van der Waals surface area contributed by atoms with Crippen molar-refractivity contribution in [3.05, 3.63) is 11.7 Å². The maximum absolute atomic E-state index is 11.7. The lowest BCUT2D eigenvalue weighted by atomic mass is 9.77. The summed E-state index contributed by atoms with van der Waals surface area (Å²) < 4.78 is 5.27. The van der Waals surface area contributed by atoms with Gasteiger partial charge in [0.2, 0.25) is 5.89 Å². The lowest BCUT2D eigenvalue weighted by Crippen LogP contribution is -2.38. The number of rotatable bonds is 5. The number of aromatic nitrogens is 2. The Morgan fingerprint density at radius 3 is 2.87 bits per heavy atom. The van der Waals surface area contributed by atoms with Crippen LogP contribution in [0.3, 0.4) is 0 Å². The minimum absolute atomic E-state index is 0.124. The summed E-state index contributed by atoms with van der Waals surface area (Å²) in [4.78, 5) is 18.1. The summed E-state index contributed by atoms with van der Waals surface area (Å²) in [7, 11) is 0. The average Bonchev–Trinajstić information content (AvgIpc) is 3.05. The van der Waals surface area contributed by atoms with Gasteiger partial charge in [-0.1, -0.05) is 19.0 Å². The van der Waals surface area contributed by atoms with Crippen LogP contribution in [0, 0.1) is 11.3 Å². The van der Waals surface area contributed by atoms with Crippen molar-refractivity contribution in [3.63, 3.8) is 0 Å². The zero-order valence-electron chi connectivity index (χ0n) is 13.9. The quantitative estimate of drug-likeness (QED) is 0.844. The summed E-state index contributed by atoms with van der Waals surface area (Å²) in [6.07, 6.45) is 3.56. The normalized spacial score (nSPS) is 24.6. The van der Waals surface area contributed by atoms with Gasteiger partial charge in [-0.25, -0.2) is 0 Å². The maximum atomic E-state index is 11.7. The highest BCUT2D eigenvalue weighted by molar-refractivity contribution is 5.74. The van der Waals surface area contributed by atoms with Crippen LogP contribution in [0.25, 0.3) is 0 Å². The molecule has 2 saturated heterocycles. The molecule has 0 aromatic carbocycles. The molecule has 0 aliphatic carbocycles. The molecule has 3 heterocycles. The van der Waals surface area contributed by atoms with Crippen molar-refractivity contribution in [2.75, 3.05) is 19.6 Å². The number of nitrogens with one attached hydrogen (secondary N) is 1. The first-order valence-corrected chi connectivity index (χ1v) is 8.46. The number of hydrogen-bond acceptors (Lipinski definition) is 6. The summed E-state index contributed by atoms with van der Waals surface area (Å²) in [5, 5.41) is 17.0. The molecule has 2 N–H and O–H groups in total. The van der Waals surface area contributed by atoms with Crippen molar-refractivity contribution in [2.24, 2.45) is 11.3 Å². The number of aliphatic carboxylic acids is 1. The van der Waals surface area contributed by atoms with Gasteiger partial charge in [-0.15, -0.1) is 0 Å². The van der Waals surface area contributed by atoms with E-state index >= 15 is 0 Å². The van der Waals surface area contributed by atoms with Crippen molar-refractivity contribution in [1.29, 1.82) is 0 Å². The molecule has 1 aromatic rings. The molecule has 0 unspecified atom stereocenters. The Balaban J connectivity index is 1.69. The number of likely N-dealkylation sites (tertiary alicyclic amines) is 1. The Morgan fingerprint density at radius 2 is 2.22 bits per heavy atom. The number of piperidine rings is 1. The molecule has 7 heteroatoms. The van der Waals surface area contributed by atoms with Gasteiger partial charge in [0.05, 0.1) is 6.54 Å². The average molecular weight is 322 g/mol. The van der Waals surface area contributed by atoms with Crippen molar-refractivity contribution in [3.8, 4) is 0 Å². The van der Waals surface area contributed by atoms with E-state index in [2.05, 4.69) is 29.3 Å². The molecule has 0 radical (unpaired) electrons. The second-order valence-electron chi connectivity index (χ2n) is 7.42. The molecule has 0 saturated carbocycles. The Kier molecular flexibility index (Phi) is 4.68. The molecule has 23 heavy (non-hydrogen) atoms. The second kappa shape index (κ2) is 6.57. The van der Waals surface area contributed by atoms with Crippen LogP contribution in [-0.4, -0.2) is 51.8 Å². The van der Waals surface area contributed by atoms with E-state index in [1.807, 2.05) is 4.90 Å². The molecule has 2 fully saturated rings. The zero-order chi connectivity index (χ0) is 16.4. The van der Waals surface area contributed by atoms with Crippen LogP contribution in [0.4, 0.5) is 0 Å². The Morgan fingerprint density at radius 1 is 1.48 bits per heavy atom. The molecule has 2 aliphatic heterocycles. The summed E-state index contributed by atoms with van der Waals surface area (Å²) in [5.74, 6) is 0.946. The molecule has 7 nitrogen and oxygen atoms in total. The summed E-state index contributed by atoms with van der Waals surface area (Å²) in [6.45, 7) is 7.41. The van der Waals surface area contributed by atoms with Crippen molar-refractivity contribution < 1.29 is 14.4 Å². The van der Waals surface area contributed by atoms with Crippen LogP contribution in [0.1, 0.15) is 44.8 Å². The first kappa shape index (κ1) is 16.4. The van der Waals surface area contributed by atoms with Crippen LogP contribution >= 0.6 is 0 Å². The molecule has 1 atom stereocenters. The molecule has 1 aromatic heterocycles. The third-order valence-corrected chi connectivity index (χ3v) is 4.99. The third-order valence-electron chi connectivity index (χ3n) is 4.99. The zero-order valence-corrected chi connectivity index (χ0v) is 13.9. The number of nitrogens with zero attached hydrogens (tertiary/aromatic N) is 3. The predicted octanol–water partition coefficient (Wildman–Crippen LogP) is 1.30. The van der Waals surface area contributed by atoms with Crippen LogP contribution in [-0.2, 0) is 17.8 Å². The summed E-state index contributed by atoms with van der Waals surface area (Å²) in [5.41, 5.74) is 0.124. The van der Waals surface area contributed by atoms with E-state index < -0.39 is 12.0 Å². The second-order valence-corrected chi connectivity index (χ2v) is 7.42. The van der Waals surface area contributed by atoms with Crippen molar-refractivity contribution >= 4 is 5.97 Å². The van der Waals surface area contributed by atoms with E-state index in [0.29, 0.717) is 24.2 Å². The van der Waals surface area contributed by atoms with Crippen LogP contribution in [0.15, 0.2) is 4.52 Å². The molecule has 128 valence electrons. The van der Waals surface area contributed by atoms with Gasteiger partial charge in [-0.05, 0) is 43.7 Å². The SMILES string of the molecule is CC(C)Cc1nc(CN2CC3(CCNCC3)C[C@@H]2C(=O)O)no1. The first-order valence-electron chi connectivity index (χ1n) is 8.46. The van der Waals surface area contributed by atoms with E-state index in [9.17, 15) is 9.90 Å². The lowest BCUT2D eigenvalue weighted by Gasteiger charge is -2.33. The number of carbonyl (C=O) groups is 1. The van der Waals surface area contributed by atoms with Gasteiger partial charge in [-0.2, -0.15) is 4.98 Å². The van der Waals surface area contributed by atoms with E-state index in [-0.39, 0.29) is 5.41 Å². The highest BCUT2D eigenvalue weighted by Gasteiger charge is 2.47. The standard InChI is InChI=1S/C16H26N4O3/c1-11(2)7-14-18-13(19-23-14)9-20-10-16(3-5-17-6-4-16)8-12(20)15(21)22/h11-12,17H,3-10H2,1-2H3,(H,21,22)/t12-/m1/s1. The van der Waals surface area contributed by atoms with Gasteiger partial charge in [0, 0.05) is 13.0 Å². The highest BCUT2D eigenvalue weighted by atomic mass is 16.5. The third kappa shape index (κ3) is 3.72. The number of carboxylic acids is 1. The smallest absolute Gasteiger partial charge is 0.320 e. The number of hydrogen-bond donors (Lipinski definition) is 2. The van der Waals surface area contributed by atoms with E-state index in [0.717, 1.165) is 45.3 Å². The van der Waals surface area contributed by atoms with Crippen molar-refractivity contribution in [2.45, 2.75) is 52.1 Å². The fourth-order valence-electron chi connectivity index (χ4n) is 3.84. The molecule has 1 spiro atoms. The predicted molar refractivity (Wildman–Crippen MR) is 83.8 cm³/mol. The highest BCUT2D eigenvalue weighted by Crippen LogP contribution is 2.42. The topological polar surface area (TPSA) is 91.5 Å². The molecule has 0 bridgehead atoms. The Labute approximate surface area is 136 Å². The van der Waals surface area contributed by atoms with E-state index in [4.69, 9.17) is 4.52 Å². The lowest BCUT2D eigenvalue weighted by molar-refractivity contribution is -0.142. The van der Waals surface area contributed by atoms with Gasteiger partial charge in [-0.3, -0.25) is 9.69 Å². The largest absolute Gasteiger partial charge is 0.480 e. The number of carboxylic acid groups (broad SMARTS) is 1. The van der Waals surface area contributed by atoms with Gasteiger partial charge in [0.25, 0.3) is 0 Å². The first-order chi connectivity index (χ1) is 11.0. The van der Waals surface area contributed by atoms with Crippen molar-refractivity contribution in [1.82, 2.24) is 20.4 Å². The fraction of sp³-hybridized carbons (Fsp3) is 0.812. The monoisotopic (exact) mass is 322 g/mol. The molecular weight excluding hydrogens is 296 g/mol. The molecular formula is C16H26N4O3. The van der Waals surface area contributed by atoms with Gasteiger partial charge in [0.15, 0.2) is 5.82 Å². The van der Waals surface area contributed by atoms with Crippen LogP contribution < -0.4 is 5.32 Å². The Bertz CT molecular complexity index is 551. The molecule has 3 rings (SSSR count). The summed E-state index contributed by atoms with van der Waals surface area (Å²) >= 11 is 0. The van der Waals surface area contributed by atoms with Gasteiger partial charge < -0.3 is 14.9 Å². The van der Waals surface area contributed by atoms with Crippen LogP contribution in [0.2, 0.25) is 0 Å². The van der Waals surface area contributed by atoms with Crippen LogP contribution in [0.5, 0.6) is 0 Å². The fourth-order valence-corrected chi connectivity index (χ4v) is 3.84. The minimum Gasteiger partial charge on any atom is -0.480 e. The van der Waals surface area contributed by atoms with E-state index in [1.165, 1.54) is 0 Å². The maximum Gasteiger partial charge on any atom is 0.320 e. The molecule has 2 aliphatic rings. The van der Waals surface area contributed by atoms with E-state index in [1.54, 1.807) is 0 Å². The van der Waals surface area contributed by atoms with Gasteiger partial charge in [0.1, 0.15) is 6.04 Å². The van der Waals surface area contributed by atoms with Gasteiger partial charge >= 0.3 is 5.97 Å². The summed E-state index contributed by atoms with van der Waals surface area (Å²) in [6, 6.07) is -0.444. The molecule has 0 amide bonds.